The third-order valence-corrected chi connectivity index (χ3v) is 7.51. The summed E-state index contributed by atoms with van der Waals surface area (Å²) in [7, 11) is 0. The van der Waals surface area contributed by atoms with Crippen LogP contribution in [0.5, 0.6) is 0 Å². The molecule has 166 valence electrons. The molecule has 1 saturated heterocycles. The van der Waals surface area contributed by atoms with Gasteiger partial charge in [-0.25, -0.2) is 4.98 Å². The Kier molecular flexibility index (Phi) is 6.66. The molecule has 0 saturated carbocycles. The maximum Gasteiger partial charge on any atom is 0.237 e. The molecule has 1 fully saturated rings. The van der Waals surface area contributed by atoms with Gasteiger partial charge in [0.05, 0.1) is 18.4 Å². The topological polar surface area (TPSA) is 100 Å². The van der Waals surface area contributed by atoms with E-state index in [2.05, 4.69) is 20.9 Å². The lowest BCUT2D eigenvalue weighted by atomic mass is 9.72. The number of nitrogens with one attached hydrogen (secondary N) is 3. The number of hydrogen-bond acceptors (Lipinski definition) is 7. The highest BCUT2D eigenvalue weighted by atomic mass is 32.1. The number of imide groups is 1. The van der Waals surface area contributed by atoms with Gasteiger partial charge in [0.15, 0.2) is 5.13 Å². The van der Waals surface area contributed by atoms with E-state index in [0.717, 1.165) is 20.4 Å². The van der Waals surface area contributed by atoms with Crippen molar-refractivity contribution in [1.29, 1.82) is 0 Å². The van der Waals surface area contributed by atoms with Crippen LogP contribution in [0.1, 0.15) is 41.5 Å². The summed E-state index contributed by atoms with van der Waals surface area (Å²) in [4.78, 5) is 42.9. The number of amides is 3. The summed E-state index contributed by atoms with van der Waals surface area (Å²) < 4.78 is 0. The minimum absolute atomic E-state index is 0.0924. The number of benzene rings is 1. The Morgan fingerprint density at radius 2 is 1.94 bits per heavy atom. The Bertz CT molecular complexity index is 1110. The molecule has 4 rings (SSSR count). The van der Waals surface area contributed by atoms with Gasteiger partial charge in [-0.1, -0.05) is 19.1 Å². The molecule has 3 heterocycles. The molecule has 9 heteroatoms. The summed E-state index contributed by atoms with van der Waals surface area (Å²) in [6, 6.07) is 11.3. The number of carbonyl (C=O) groups excluding carboxylic acids is 3. The van der Waals surface area contributed by atoms with Crippen LogP contribution in [0.4, 0.5) is 10.8 Å². The zero-order valence-electron chi connectivity index (χ0n) is 17.6. The van der Waals surface area contributed by atoms with E-state index in [1.54, 1.807) is 28.9 Å². The van der Waals surface area contributed by atoms with Gasteiger partial charge in [-0.3, -0.25) is 19.7 Å². The Balaban J connectivity index is 1.34. The van der Waals surface area contributed by atoms with Crippen molar-refractivity contribution in [3.8, 4) is 0 Å². The number of thiazole rings is 1. The number of piperidine rings is 1. The molecule has 3 amide bonds. The maximum atomic E-state index is 12.5. The van der Waals surface area contributed by atoms with Gasteiger partial charge in [-0.2, -0.15) is 0 Å². The number of rotatable bonds is 8. The van der Waals surface area contributed by atoms with E-state index in [4.69, 9.17) is 0 Å². The van der Waals surface area contributed by atoms with Gasteiger partial charge >= 0.3 is 0 Å². The van der Waals surface area contributed by atoms with Crippen molar-refractivity contribution in [2.45, 2.75) is 44.6 Å². The molecule has 1 aliphatic heterocycles. The van der Waals surface area contributed by atoms with Gasteiger partial charge in [-0.15, -0.1) is 22.7 Å². The number of hydrogen-bond donors (Lipinski definition) is 3. The monoisotopic (exact) mass is 468 g/mol. The zero-order valence-corrected chi connectivity index (χ0v) is 19.3. The molecule has 0 radical (unpaired) electrons. The minimum atomic E-state index is -0.698. The lowest BCUT2D eigenvalue weighted by Crippen LogP contribution is -2.51. The van der Waals surface area contributed by atoms with Crippen LogP contribution in [0.15, 0.2) is 48.0 Å². The molecule has 2 aromatic heterocycles. The highest BCUT2D eigenvalue weighted by molar-refractivity contribution is 7.13. The van der Waals surface area contributed by atoms with Gasteiger partial charge in [0.25, 0.3) is 0 Å². The van der Waals surface area contributed by atoms with E-state index in [1.165, 1.54) is 0 Å². The number of anilines is 2. The molecule has 3 aromatic rings. The van der Waals surface area contributed by atoms with Crippen LogP contribution in [-0.4, -0.2) is 22.7 Å². The van der Waals surface area contributed by atoms with Crippen molar-refractivity contribution < 1.29 is 14.4 Å². The van der Waals surface area contributed by atoms with Crippen molar-refractivity contribution in [2.75, 3.05) is 10.6 Å². The van der Waals surface area contributed by atoms with E-state index in [1.807, 2.05) is 48.7 Å². The number of thiophene rings is 1. The van der Waals surface area contributed by atoms with E-state index < -0.39 is 5.41 Å². The molecular weight excluding hydrogens is 444 g/mol. The molecule has 7 nitrogen and oxygen atoms in total. The van der Waals surface area contributed by atoms with Gasteiger partial charge in [-0.05, 0) is 42.7 Å². The van der Waals surface area contributed by atoms with Crippen LogP contribution in [0.25, 0.3) is 0 Å². The molecule has 0 spiro atoms. The second kappa shape index (κ2) is 9.62. The normalized spacial score (nSPS) is 18.3. The third-order valence-electron chi connectivity index (χ3n) is 5.69. The SMILES string of the molecule is CCC1(c2ccc(NC(=O)Cc3ccc(CNc4nccs4)s3)cc2)CCC(=O)NC1=O. The Labute approximate surface area is 194 Å². The fourth-order valence-electron chi connectivity index (χ4n) is 3.89. The first-order valence-corrected chi connectivity index (χ1v) is 12.1. The fourth-order valence-corrected chi connectivity index (χ4v) is 5.37. The second-order valence-electron chi connectivity index (χ2n) is 7.67. The Hall–Kier alpha value is -3.04. The molecular formula is C23H24N4O3S2. The molecule has 3 N–H and O–H groups in total. The van der Waals surface area contributed by atoms with Crippen LogP contribution in [-0.2, 0) is 32.8 Å². The van der Waals surface area contributed by atoms with Crippen LogP contribution < -0.4 is 16.0 Å². The number of aromatic nitrogens is 1. The predicted molar refractivity (Wildman–Crippen MR) is 127 cm³/mol. The first-order valence-electron chi connectivity index (χ1n) is 10.4. The Morgan fingerprint density at radius 3 is 2.62 bits per heavy atom. The van der Waals surface area contributed by atoms with Crippen molar-refractivity contribution >= 4 is 51.2 Å². The van der Waals surface area contributed by atoms with Crippen LogP contribution in [0.2, 0.25) is 0 Å². The van der Waals surface area contributed by atoms with E-state index in [0.29, 0.717) is 37.9 Å². The first kappa shape index (κ1) is 22.2. The van der Waals surface area contributed by atoms with Crippen molar-refractivity contribution in [2.24, 2.45) is 0 Å². The molecule has 0 bridgehead atoms. The van der Waals surface area contributed by atoms with E-state index in [9.17, 15) is 14.4 Å². The predicted octanol–water partition coefficient (Wildman–Crippen LogP) is 4.08. The van der Waals surface area contributed by atoms with Crippen molar-refractivity contribution in [1.82, 2.24) is 10.3 Å². The van der Waals surface area contributed by atoms with Gasteiger partial charge in [0.2, 0.25) is 17.7 Å². The highest BCUT2D eigenvalue weighted by Gasteiger charge is 2.42. The average molecular weight is 469 g/mol. The van der Waals surface area contributed by atoms with Crippen LogP contribution >= 0.6 is 22.7 Å². The standard InChI is InChI=1S/C23H24N4O3S2/c1-2-23(10-9-19(28)27-21(23)30)15-3-5-16(6-4-15)26-20(29)13-17-7-8-18(32-17)14-25-22-24-11-12-31-22/h3-8,11-12H,2,9-10,13-14H2,1H3,(H,24,25)(H,26,29)(H,27,28,30). The third kappa shape index (κ3) is 4.89. The summed E-state index contributed by atoms with van der Waals surface area (Å²) in [6.07, 6.45) is 3.50. The number of carbonyl (C=O) groups is 3. The first-order chi connectivity index (χ1) is 15.5. The largest absolute Gasteiger partial charge is 0.357 e. The van der Waals surface area contributed by atoms with Crippen molar-refractivity contribution in [3.63, 3.8) is 0 Å². The molecule has 32 heavy (non-hydrogen) atoms. The zero-order chi connectivity index (χ0) is 22.6. The lowest BCUT2D eigenvalue weighted by molar-refractivity contribution is -0.138. The van der Waals surface area contributed by atoms with Gasteiger partial charge in [0.1, 0.15) is 0 Å². The fraction of sp³-hybridized carbons (Fsp3) is 0.304. The molecule has 1 atom stereocenters. The minimum Gasteiger partial charge on any atom is -0.357 e. The molecule has 1 aliphatic rings. The number of nitrogens with zero attached hydrogens (tertiary/aromatic N) is 1. The molecule has 1 aromatic carbocycles. The summed E-state index contributed by atoms with van der Waals surface area (Å²) >= 11 is 3.15. The second-order valence-corrected chi connectivity index (χ2v) is 9.82. The summed E-state index contributed by atoms with van der Waals surface area (Å²) in [5.74, 6) is -0.560. The molecule has 1 unspecified atom stereocenters. The summed E-state index contributed by atoms with van der Waals surface area (Å²) in [6.45, 7) is 2.63. The van der Waals surface area contributed by atoms with Gasteiger partial charge in [0, 0.05) is 33.4 Å². The smallest absolute Gasteiger partial charge is 0.237 e. The molecule has 0 aliphatic carbocycles. The summed E-state index contributed by atoms with van der Waals surface area (Å²) in [5, 5.41) is 11.4. The highest BCUT2D eigenvalue weighted by Crippen LogP contribution is 2.36. The van der Waals surface area contributed by atoms with Crippen LogP contribution in [0.3, 0.4) is 0 Å². The quantitative estimate of drug-likeness (QED) is 0.433. The van der Waals surface area contributed by atoms with Crippen molar-refractivity contribution in [3.05, 3.63) is 63.3 Å². The Morgan fingerprint density at radius 1 is 1.16 bits per heavy atom. The summed E-state index contributed by atoms with van der Waals surface area (Å²) in [5.41, 5.74) is 0.842. The van der Waals surface area contributed by atoms with Gasteiger partial charge < -0.3 is 10.6 Å². The van der Waals surface area contributed by atoms with E-state index in [-0.39, 0.29) is 17.7 Å². The average Bonchev–Trinajstić information content (AvgIpc) is 3.45. The van der Waals surface area contributed by atoms with Crippen LogP contribution in [0, 0.1) is 0 Å². The van der Waals surface area contributed by atoms with E-state index >= 15 is 0 Å². The lowest BCUT2D eigenvalue weighted by Gasteiger charge is -2.35. The maximum absolute atomic E-state index is 12.5.